The van der Waals surface area contributed by atoms with Gasteiger partial charge in [0.2, 0.25) is 5.91 Å². The van der Waals surface area contributed by atoms with E-state index in [0.29, 0.717) is 5.91 Å². The first-order chi connectivity index (χ1) is 15.0. The number of piperazine rings is 1. The van der Waals surface area contributed by atoms with Crippen LogP contribution in [0.2, 0.25) is 0 Å². The number of nitrogens with two attached hydrogens (primary N) is 1. The van der Waals surface area contributed by atoms with Gasteiger partial charge in [-0.15, -0.1) is 0 Å². The number of benzene rings is 1. The number of aliphatic hydroxyl groups excluding tert-OH is 1. The Labute approximate surface area is 182 Å². The van der Waals surface area contributed by atoms with Crippen molar-refractivity contribution in [3.63, 3.8) is 0 Å². The Morgan fingerprint density at radius 1 is 1.13 bits per heavy atom. The molecule has 162 valence electrons. The number of carbonyl (C=O) groups excluding carboxylic acids is 1. The van der Waals surface area contributed by atoms with Crippen LogP contribution < -0.4 is 10.6 Å². The normalized spacial score (nSPS) is 18.9. The Morgan fingerprint density at radius 3 is 2.48 bits per heavy atom. The van der Waals surface area contributed by atoms with E-state index in [1.54, 1.807) is 0 Å². The Bertz CT molecular complexity index is 1090. The summed E-state index contributed by atoms with van der Waals surface area (Å²) in [4.78, 5) is 16.7. The van der Waals surface area contributed by atoms with Gasteiger partial charge >= 0.3 is 0 Å². The highest BCUT2D eigenvalue weighted by atomic mass is 16.3. The lowest BCUT2D eigenvalue weighted by Gasteiger charge is -2.36. The Morgan fingerprint density at radius 2 is 1.84 bits per heavy atom. The van der Waals surface area contributed by atoms with E-state index < -0.39 is 5.54 Å². The number of anilines is 1. The van der Waals surface area contributed by atoms with Crippen molar-refractivity contribution in [2.24, 2.45) is 11.7 Å². The number of hydrogen-bond acceptors (Lipinski definition) is 5. The van der Waals surface area contributed by atoms with E-state index in [2.05, 4.69) is 22.1 Å². The van der Waals surface area contributed by atoms with Crippen LogP contribution in [0.5, 0.6) is 0 Å². The van der Waals surface area contributed by atoms with Crippen molar-refractivity contribution in [1.82, 2.24) is 14.5 Å². The van der Waals surface area contributed by atoms with Crippen LogP contribution in [0.15, 0.2) is 48.8 Å². The van der Waals surface area contributed by atoms with E-state index in [4.69, 9.17) is 5.73 Å². The maximum absolute atomic E-state index is 12.4. The zero-order valence-corrected chi connectivity index (χ0v) is 17.9. The van der Waals surface area contributed by atoms with Gasteiger partial charge in [-0.1, -0.05) is 24.3 Å². The van der Waals surface area contributed by atoms with Gasteiger partial charge < -0.3 is 20.6 Å². The highest BCUT2D eigenvalue weighted by molar-refractivity contribution is 5.82. The third-order valence-electron chi connectivity index (χ3n) is 6.55. The Hall–Kier alpha value is -2.90. The summed E-state index contributed by atoms with van der Waals surface area (Å²) in [6, 6.07) is 12.2. The van der Waals surface area contributed by atoms with E-state index in [1.165, 1.54) is 0 Å². The second kappa shape index (κ2) is 7.66. The lowest BCUT2D eigenvalue weighted by Crippen LogP contribution is -2.49. The third-order valence-corrected chi connectivity index (χ3v) is 6.55. The van der Waals surface area contributed by atoms with Crippen molar-refractivity contribution in [2.75, 3.05) is 37.7 Å². The summed E-state index contributed by atoms with van der Waals surface area (Å²) in [5.74, 6) is 0.621. The molecule has 0 spiro atoms. The summed E-state index contributed by atoms with van der Waals surface area (Å²) in [5.41, 5.74) is 10.7. The van der Waals surface area contributed by atoms with Crippen LogP contribution >= 0.6 is 0 Å². The minimum atomic E-state index is -0.748. The summed E-state index contributed by atoms with van der Waals surface area (Å²) >= 11 is 0. The van der Waals surface area contributed by atoms with Gasteiger partial charge in [-0.25, -0.2) is 4.52 Å². The molecule has 2 aromatic heterocycles. The van der Waals surface area contributed by atoms with Crippen LogP contribution in [0.25, 0.3) is 16.6 Å². The molecule has 5 rings (SSSR count). The van der Waals surface area contributed by atoms with Crippen LogP contribution in [0.4, 0.5) is 5.69 Å². The van der Waals surface area contributed by atoms with Crippen molar-refractivity contribution in [2.45, 2.75) is 25.3 Å². The summed E-state index contributed by atoms with van der Waals surface area (Å²) in [7, 11) is 0. The lowest BCUT2D eigenvalue weighted by molar-refractivity contribution is -0.132. The molecule has 2 fully saturated rings. The molecule has 1 aliphatic heterocycles. The molecule has 7 heteroatoms. The van der Waals surface area contributed by atoms with E-state index in [9.17, 15) is 9.90 Å². The minimum Gasteiger partial charge on any atom is -0.394 e. The molecular weight excluding hydrogens is 390 g/mol. The predicted molar refractivity (Wildman–Crippen MR) is 121 cm³/mol. The number of fused-ring (bicyclic) bond motifs is 1. The van der Waals surface area contributed by atoms with Crippen LogP contribution in [-0.2, 0) is 10.3 Å². The lowest BCUT2D eigenvalue weighted by atomic mass is 9.93. The molecule has 31 heavy (non-hydrogen) atoms. The van der Waals surface area contributed by atoms with Crippen LogP contribution in [-0.4, -0.2) is 58.3 Å². The SMILES string of the molecule is CC(N)(CO)c1ccc(-c2cc3c(N4CCN(C(=O)C5CC5)CC4)ccnn3c2)cc1. The quantitative estimate of drug-likeness (QED) is 0.662. The minimum absolute atomic E-state index is 0.102. The van der Waals surface area contributed by atoms with Gasteiger partial charge in [0.1, 0.15) is 0 Å². The summed E-state index contributed by atoms with van der Waals surface area (Å²) in [6.45, 7) is 4.95. The fraction of sp³-hybridized carbons (Fsp3) is 0.417. The van der Waals surface area contributed by atoms with Gasteiger partial charge in [0, 0.05) is 50.1 Å². The fourth-order valence-corrected chi connectivity index (χ4v) is 4.32. The molecule has 3 heterocycles. The zero-order chi connectivity index (χ0) is 21.6. The van der Waals surface area contributed by atoms with Gasteiger partial charge in [0.15, 0.2) is 0 Å². The number of hydrogen-bond donors (Lipinski definition) is 2. The molecule has 3 N–H and O–H groups in total. The Balaban J connectivity index is 1.38. The molecule has 1 amide bonds. The summed E-state index contributed by atoms with van der Waals surface area (Å²) < 4.78 is 1.92. The monoisotopic (exact) mass is 419 g/mol. The van der Waals surface area contributed by atoms with Gasteiger partial charge in [-0.05, 0) is 43.0 Å². The highest BCUT2D eigenvalue weighted by Gasteiger charge is 2.34. The van der Waals surface area contributed by atoms with Crippen LogP contribution in [0.3, 0.4) is 0 Å². The molecule has 2 aliphatic rings. The number of amides is 1. The van der Waals surface area contributed by atoms with Gasteiger partial charge in [0.25, 0.3) is 0 Å². The van der Waals surface area contributed by atoms with Crippen molar-refractivity contribution in [1.29, 1.82) is 0 Å². The first kappa shape index (κ1) is 20.0. The average molecular weight is 420 g/mol. The number of rotatable bonds is 5. The first-order valence-corrected chi connectivity index (χ1v) is 11.0. The predicted octanol–water partition coefficient (Wildman–Crippen LogP) is 2.23. The summed E-state index contributed by atoms with van der Waals surface area (Å²) in [6.07, 6.45) is 5.98. The van der Waals surface area contributed by atoms with Gasteiger partial charge in [-0.3, -0.25) is 4.79 Å². The molecule has 0 radical (unpaired) electrons. The van der Waals surface area contributed by atoms with E-state index >= 15 is 0 Å². The number of nitrogens with zero attached hydrogens (tertiary/aromatic N) is 4. The van der Waals surface area contributed by atoms with Crippen LogP contribution in [0.1, 0.15) is 25.3 Å². The molecule has 7 nitrogen and oxygen atoms in total. The van der Waals surface area contributed by atoms with Crippen molar-refractivity contribution in [3.8, 4) is 11.1 Å². The second-order valence-electron chi connectivity index (χ2n) is 9.01. The van der Waals surface area contributed by atoms with Crippen LogP contribution in [0, 0.1) is 5.92 Å². The van der Waals surface area contributed by atoms with E-state index in [0.717, 1.165) is 66.9 Å². The standard InChI is InChI=1S/C24H29N5O2/c1-24(25,16-30)20-6-4-17(5-7-20)19-14-22-21(8-9-26-29(22)15-19)27-10-12-28(13-11-27)23(31)18-2-3-18/h4-9,14-15,18,30H,2-3,10-13,16,25H2,1H3. The topological polar surface area (TPSA) is 87.1 Å². The van der Waals surface area contributed by atoms with Gasteiger partial charge in [-0.2, -0.15) is 5.10 Å². The molecule has 1 atom stereocenters. The molecular formula is C24H29N5O2. The first-order valence-electron chi connectivity index (χ1n) is 11.0. The molecule has 1 aliphatic carbocycles. The maximum atomic E-state index is 12.4. The zero-order valence-electron chi connectivity index (χ0n) is 17.9. The smallest absolute Gasteiger partial charge is 0.225 e. The van der Waals surface area contributed by atoms with Gasteiger partial charge in [0.05, 0.1) is 23.3 Å². The number of aromatic nitrogens is 2. The maximum Gasteiger partial charge on any atom is 0.225 e. The molecule has 1 saturated carbocycles. The largest absolute Gasteiger partial charge is 0.394 e. The number of carbonyl (C=O) groups is 1. The van der Waals surface area contributed by atoms with E-state index in [1.807, 2.05) is 53.0 Å². The third kappa shape index (κ3) is 3.79. The molecule has 1 saturated heterocycles. The number of aliphatic hydroxyl groups is 1. The second-order valence-corrected chi connectivity index (χ2v) is 9.01. The van der Waals surface area contributed by atoms with E-state index in [-0.39, 0.29) is 12.5 Å². The molecule has 1 unspecified atom stereocenters. The van der Waals surface area contributed by atoms with Crippen molar-refractivity contribution < 1.29 is 9.90 Å². The summed E-state index contributed by atoms with van der Waals surface area (Å²) in [5, 5.41) is 14.0. The molecule has 3 aromatic rings. The molecule has 1 aromatic carbocycles. The fourth-order valence-electron chi connectivity index (χ4n) is 4.32. The van der Waals surface area contributed by atoms with Crippen molar-refractivity contribution in [3.05, 3.63) is 54.4 Å². The highest BCUT2D eigenvalue weighted by Crippen LogP contribution is 2.33. The molecule has 0 bridgehead atoms. The average Bonchev–Trinajstić information content (AvgIpc) is 3.56. The Kier molecular flexibility index (Phi) is 4.95. The van der Waals surface area contributed by atoms with Crippen molar-refractivity contribution >= 4 is 17.1 Å².